The maximum Gasteiger partial charge on any atom is 0.308 e. The van der Waals surface area contributed by atoms with Gasteiger partial charge in [-0.25, -0.2) is 0 Å². The third kappa shape index (κ3) is 11.7. The number of hydrogen-bond acceptors (Lipinski definition) is 16. The van der Waals surface area contributed by atoms with Crippen molar-refractivity contribution in [3.63, 3.8) is 0 Å². The predicted octanol–water partition coefficient (Wildman–Crippen LogP) is 2.34. The fourth-order valence-electron chi connectivity index (χ4n) is 9.02. The molecule has 16 nitrogen and oxygen atoms in total. The summed E-state index contributed by atoms with van der Waals surface area (Å²) < 4.78 is 42.6. The van der Waals surface area contributed by atoms with Crippen molar-refractivity contribution in [2.24, 2.45) is 23.7 Å². The lowest BCUT2D eigenvalue weighted by Gasteiger charge is -2.50. The maximum absolute atomic E-state index is 13.1. The molecule has 0 aromatic rings. The molecule has 0 radical (unpaired) electrons. The zero-order valence-electron chi connectivity index (χ0n) is 35.3. The molecule has 0 saturated carbocycles. The molecule has 0 amide bonds. The molecule has 2 fully saturated rings. The summed E-state index contributed by atoms with van der Waals surface area (Å²) in [5.41, 5.74) is -1.14. The highest BCUT2D eigenvalue weighted by molar-refractivity contribution is 5.70. The standard InChI is InChI=1S/C42H66N2O14/c1-10-11-31(47)56-40-25(5)54-33(20-42(40,6)51)57-38-24(4)55-41(36(50)34(38)44(7)8)58-37-22(2)16-27(14-15-45)35(49)29-13-12-26(18-28(29)21-43)17-23(3)53-32(48)19-30(46)39(37)52-9/h12-13,15,18,22-27,29-30,33-41,46,49-51H,10-11,14,16-17,19-20H2,1-9H3/t22-,23+,24+,25-,26?,27+,29?,30+,33-,34+,35+,36+,37-,38+,39-,40-,41-,42+/m0/s1. The minimum atomic E-state index is -1.49. The number of hydrogen-bond donors (Lipinski definition) is 4. The van der Waals surface area contributed by atoms with Gasteiger partial charge in [0.05, 0.1) is 55.2 Å². The molecule has 328 valence electrons. The van der Waals surface area contributed by atoms with Crippen molar-refractivity contribution in [3.8, 4) is 6.07 Å². The van der Waals surface area contributed by atoms with E-state index >= 15 is 0 Å². The van der Waals surface area contributed by atoms with Gasteiger partial charge in [0.1, 0.15) is 30.2 Å². The van der Waals surface area contributed by atoms with Crippen molar-refractivity contribution in [2.45, 2.75) is 172 Å². The number of fused-ring (bicyclic) bond motifs is 11. The lowest BCUT2D eigenvalue weighted by molar-refractivity contribution is -0.344. The molecule has 4 heterocycles. The highest BCUT2D eigenvalue weighted by atomic mass is 16.7. The molecule has 0 spiro atoms. The average molecular weight is 823 g/mol. The van der Waals surface area contributed by atoms with E-state index in [1.165, 1.54) is 7.11 Å². The Kier molecular flexibility index (Phi) is 17.4. The minimum absolute atomic E-state index is 0.0355. The van der Waals surface area contributed by atoms with E-state index in [0.717, 1.165) is 0 Å². The van der Waals surface area contributed by atoms with Gasteiger partial charge in [0.25, 0.3) is 0 Å². The summed E-state index contributed by atoms with van der Waals surface area (Å²) in [5.74, 6) is -3.26. The van der Waals surface area contributed by atoms with Gasteiger partial charge in [0, 0.05) is 37.9 Å². The first-order valence-corrected chi connectivity index (χ1v) is 20.6. The van der Waals surface area contributed by atoms with Crippen molar-refractivity contribution in [3.05, 3.63) is 23.8 Å². The largest absolute Gasteiger partial charge is 0.463 e. The number of likely N-dealkylation sites (N-methyl/N-ethyl adjacent to an activating group) is 1. The average Bonchev–Trinajstić information content (AvgIpc) is 3.13. The van der Waals surface area contributed by atoms with Crippen LogP contribution in [0, 0.1) is 35.0 Å². The number of methoxy groups -OCH3 is 1. The molecule has 2 unspecified atom stereocenters. The molecule has 2 bridgehead atoms. The van der Waals surface area contributed by atoms with Crippen LogP contribution in [0.1, 0.15) is 86.5 Å². The number of esters is 2. The zero-order valence-corrected chi connectivity index (χ0v) is 35.3. The summed E-state index contributed by atoms with van der Waals surface area (Å²) in [5, 5.41) is 56.7. The molecule has 5 rings (SSSR count). The van der Waals surface area contributed by atoms with E-state index in [2.05, 4.69) is 6.07 Å². The number of allylic oxidation sites excluding steroid dienone is 2. The SMILES string of the molecule is CCCC(=O)O[C@H]1[C@H](C)O[C@@H](O[C@H]2[C@H](N(C)C)[C@@H](O)[C@H](O[C@@H]3[C@@H](OC)[C@H](O)CC(=O)O[C@H](C)CC4C=CC(C(C#N)=C4)[C@H](O)[C@H](CC=O)C[C@@H]3C)O[C@@H]2C)C[C@@]1(C)O. The summed E-state index contributed by atoms with van der Waals surface area (Å²) in [4.78, 5) is 39.2. The fourth-order valence-corrected chi connectivity index (χ4v) is 9.02. The van der Waals surface area contributed by atoms with Crippen LogP contribution >= 0.6 is 0 Å². The summed E-state index contributed by atoms with van der Waals surface area (Å²) in [7, 11) is 4.87. The second kappa shape index (κ2) is 21.1. The van der Waals surface area contributed by atoms with E-state index in [1.54, 1.807) is 65.8 Å². The molecule has 5 aliphatic rings. The van der Waals surface area contributed by atoms with Gasteiger partial charge in [-0.15, -0.1) is 0 Å². The molecule has 1 aliphatic carbocycles. The lowest BCUT2D eigenvalue weighted by Crippen LogP contribution is -2.66. The Morgan fingerprint density at radius 1 is 1.03 bits per heavy atom. The lowest BCUT2D eigenvalue weighted by atomic mass is 9.75. The van der Waals surface area contributed by atoms with Crippen molar-refractivity contribution < 1.29 is 68.0 Å². The Labute approximate surface area is 342 Å². The van der Waals surface area contributed by atoms with Crippen LogP contribution in [0.5, 0.6) is 0 Å². The molecular formula is C42H66N2O14. The maximum atomic E-state index is 13.1. The van der Waals surface area contributed by atoms with Gasteiger partial charge < -0.3 is 63.3 Å². The number of aldehydes is 1. The van der Waals surface area contributed by atoms with Crippen molar-refractivity contribution in [2.75, 3.05) is 21.2 Å². The van der Waals surface area contributed by atoms with Crippen molar-refractivity contribution in [1.29, 1.82) is 5.26 Å². The Morgan fingerprint density at radius 2 is 1.74 bits per heavy atom. The van der Waals surface area contributed by atoms with Gasteiger partial charge in [-0.05, 0) is 78.8 Å². The number of ether oxygens (including phenoxy) is 7. The van der Waals surface area contributed by atoms with Crippen LogP contribution in [-0.4, -0.2) is 150 Å². The van der Waals surface area contributed by atoms with Crippen LogP contribution in [0.25, 0.3) is 0 Å². The van der Waals surface area contributed by atoms with Gasteiger partial charge in [-0.2, -0.15) is 5.26 Å². The van der Waals surface area contributed by atoms with Crippen LogP contribution in [0.15, 0.2) is 23.8 Å². The molecule has 4 N–H and O–H groups in total. The fraction of sp³-hybridized carbons (Fsp3) is 0.810. The molecule has 2 saturated heterocycles. The second-order valence-corrected chi connectivity index (χ2v) is 17.0. The monoisotopic (exact) mass is 822 g/mol. The Hall–Kier alpha value is -2.82. The molecule has 16 heteroatoms. The highest BCUT2D eigenvalue weighted by Crippen LogP contribution is 2.39. The van der Waals surface area contributed by atoms with Gasteiger partial charge in [0.15, 0.2) is 18.7 Å². The van der Waals surface area contributed by atoms with Crippen LogP contribution in [0.2, 0.25) is 0 Å². The number of aliphatic hydroxyl groups is 4. The van der Waals surface area contributed by atoms with Gasteiger partial charge >= 0.3 is 11.9 Å². The van der Waals surface area contributed by atoms with E-state index in [-0.39, 0.29) is 31.6 Å². The Bertz CT molecular complexity index is 1480. The first-order valence-electron chi connectivity index (χ1n) is 20.6. The van der Waals surface area contributed by atoms with E-state index in [4.69, 9.17) is 33.2 Å². The van der Waals surface area contributed by atoms with E-state index < -0.39 is 121 Å². The molecule has 0 aromatic carbocycles. The third-order valence-corrected chi connectivity index (χ3v) is 11.9. The Balaban J connectivity index is 1.62. The highest BCUT2D eigenvalue weighted by Gasteiger charge is 2.52. The number of carbonyl (C=O) groups excluding carboxylic acids is 3. The molecular weight excluding hydrogens is 756 g/mol. The molecule has 18 atom stereocenters. The number of nitrogens with zero attached hydrogens (tertiary/aromatic N) is 2. The number of nitriles is 1. The topological polar surface area (TPSA) is 224 Å². The van der Waals surface area contributed by atoms with E-state index in [9.17, 15) is 40.1 Å². The van der Waals surface area contributed by atoms with Crippen LogP contribution in [-0.2, 0) is 47.5 Å². The summed E-state index contributed by atoms with van der Waals surface area (Å²) in [6.45, 7) is 10.4. The number of aliphatic hydroxyl groups excluding tert-OH is 3. The predicted molar refractivity (Wildman–Crippen MR) is 207 cm³/mol. The first-order chi connectivity index (χ1) is 27.3. The van der Waals surface area contributed by atoms with Crippen LogP contribution < -0.4 is 0 Å². The zero-order chi connectivity index (χ0) is 43.1. The first kappa shape index (κ1) is 47.9. The van der Waals surface area contributed by atoms with Crippen molar-refractivity contribution >= 4 is 18.2 Å². The van der Waals surface area contributed by atoms with Crippen LogP contribution in [0.3, 0.4) is 0 Å². The summed E-state index contributed by atoms with van der Waals surface area (Å²) in [6, 6.07) is 1.44. The normalized spacial score (nSPS) is 42.9. The number of carbonyl (C=O) groups is 3. The molecule has 4 aliphatic heterocycles. The smallest absolute Gasteiger partial charge is 0.308 e. The van der Waals surface area contributed by atoms with Crippen molar-refractivity contribution in [1.82, 2.24) is 4.90 Å². The second-order valence-electron chi connectivity index (χ2n) is 17.0. The van der Waals surface area contributed by atoms with Gasteiger partial charge in [-0.1, -0.05) is 32.1 Å². The summed E-state index contributed by atoms with van der Waals surface area (Å²) in [6.07, 6.45) is -5.29. The van der Waals surface area contributed by atoms with Gasteiger partial charge in [0.2, 0.25) is 0 Å². The van der Waals surface area contributed by atoms with E-state index in [0.29, 0.717) is 24.7 Å². The quantitative estimate of drug-likeness (QED) is 0.133. The summed E-state index contributed by atoms with van der Waals surface area (Å²) >= 11 is 0. The Morgan fingerprint density at radius 3 is 2.34 bits per heavy atom. The molecule has 58 heavy (non-hydrogen) atoms. The number of rotatable bonds is 11. The van der Waals surface area contributed by atoms with Crippen LogP contribution in [0.4, 0.5) is 0 Å². The minimum Gasteiger partial charge on any atom is -0.463 e. The van der Waals surface area contributed by atoms with E-state index in [1.807, 2.05) is 13.0 Å². The van der Waals surface area contributed by atoms with Gasteiger partial charge in [-0.3, -0.25) is 9.59 Å². The molecule has 0 aromatic heterocycles. The third-order valence-electron chi connectivity index (χ3n) is 11.9.